The van der Waals surface area contributed by atoms with Gasteiger partial charge in [-0.3, -0.25) is 0 Å². The molecule has 2 heteroatoms. The quantitative estimate of drug-likeness (QED) is 0.147. The summed E-state index contributed by atoms with van der Waals surface area (Å²) in [6, 6.07) is 89.8. The van der Waals surface area contributed by atoms with Crippen LogP contribution in [0.15, 0.2) is 243 Å². The predicted molar refractivity (Wildman–Crippen MR) is 310 cm³/mol. The van der Waals surface area contributed by atoms with E-state index in [0.717, 1.165) is 28.3 Å². The third kappa shape index (κ3) is 8.04. The van der Waals surface area contributed by atoms with Gasteiger partial charge in [0, 0.05) is 33.4 Å². The average Bonchev–Trinajstić information content (AvgIpc) is 3.74. The Morgan fingerprint density at radius 2 is 0.833 bits per heavy atom. The van der Waals surface area contributed by atoms with Crippen molar-refractivity contribution in [2.75, 3.05) is 4.90 Å². The highest BCUT2D eigenvalue weighted by molar-refractivity contribution is 6.11. The Kier molecular flexibility index (Phi) is 11.0. The number of aromatic nitrogens is 1. The lowest BCUT2D eigenvalue weighted by molar-refractivity contribution is 0.569. The highest BCUT2D eigenvalue weighted by Crippen LogP contribution is 2.47. The fourth-order valence-corrected chi connectivity index (χ4v) is 10.9. The number of hydrogen-bond donors (Lipinski definition) is 0. The lowest BCUT2D eigenvalue weighted by Gasteiger charge is -2.29. The van der Waals surface area contributed by atoms with Crippen molar-refractivity contribution in [1.82, 2.24) is 4.57 Å². The molecule has 72 heavy (non-hydrogen) atoms. The van der Waals surface area contributed by atoms with Crippen molar-refractivity contribution < 1.29 is 0 Å². The number of para-hydroxylation sites is 3. The van der Waals surface area contributed by atoms with Crippen LogP contribution < -0.4 is 4.90 Å². The van der Waals surface area contributed by atoms with Gasteiger partial charge in [-0.25, -0.2) is 0 Å². The van der Waals surface area contributed by atoms with Crippen molar-refractivity contribution in [3.63, 3.8) is 0 Å². The van der Waals surface area contributed by atoms with E-state index in [0.29, 0.717) is 0 Å². The maximum atomic E-state index is 2.45. The van der Waals surface area contributed by atoms with Gasteiger partial charge in [0.15, 0.2) is 0 Å². The standard InChI is InChI=1S/C70H58N2/c1-69(2,3)53-43-52(44-54(46-53)70(4,5)6)60-29-17-21-50-22-18-30-64(68(50)60)62-27-13-14-31-65(62)71(57-40-35-49(36-41-57)59-28-16-20-48-19-10-11-25-58(48)59)56-38-33-47(34-39-56)51-37-42-63-61-26-12-15-32-66(61)72(67(63)45-51)55-23-8-7-9-24-55/h7-46H,1-6H3. The summed E-state index contributed by atoms with van der Waals surface area (Å²) in [5.41, 5.74) is 19.1. The van der Waals surface area contributed by atoms with E-state index in [1.807, 2.05) is 0 Å². The molecule has 0 bridgehead atoms. The van der Waals surface area contributed by atoms with E-state index in [9.17, 15) is 0 Å². The molecular formula is C70H58N2. The number of hydrogen-bond acceptors (Lipinski definition) is 1. The molecule has 0 N–H and O–H groups in total. The zero-order chi connectivity index (χ0) is 49.1. The van der Waals surface area contributed by atoms with Gasteiger partial charge in [0.05, 0.1) is 16.7 Å². The summed E-state index contributed by atoms with van der Waals surface area (Å²) in [6.45, 7) is 13.9. The van der Waals surface area contributed by atoms with Gasteiger partial charge >= 0.3 is 0 Å². The highest BCUT2D eigenvalue weighted by Gasteiger charge is 2.24. The van der Waals surface area contributed by atoms with E-state index < -0.39 is 0 Å². The second-order valence-electron chi connectivity index (χ2n) is 21.4. The summed E-state index contributed by atoms with van der Waals surface area (Å²) >= 11 is 0. The molecule has 0 aliphatic rings. The SMILES string of the molecule is CC(C)(C)c1cc(-c2cccc3cccc(-c4ccccc4N(c4ccc(-c5ccc6c7ccccc7n(-c7ccccc7)c6c5)cc4)c4ccc(-c5cccc6ccccc56)cc4)c23)cc(C(C)(C)C)c1. The topological polar surface area (TPSA) is 8.17 Å². The minimum atomic E-state index is -0.00978. The minimum Gasteiger partial charge on any atom is -0.310 e. The Morgan fingerprint density at radius 1 is 0.319 bits per heavy atom. The molecule has 0 spiro atoms. The average molecular weight is 927 g/mol. The number of nitrogens with zero attached hydrogens (tertiary/aromatic N) is 2. The monoisotopic (exact) mass is 926 g/mol. The van der Waals surface area contributed by atoms with Gasteiger partial charge < -0.3 is 9.47 Å². The van der Waals surface area contributed by atoms with Crippen molar-refractivity contribution in [3.05, 3.63) is 254 Å². The van der Waals surface area contributed by atoms with Crippen LogP contribution in [0.25, 0.3) is 93.5 Å². The van der Waals surface area contributed by atoms with Crippen molar-refractivity contribution in [2.24, 2.45) is 0 Å². The van der Waals surface area contributed by atoms with Gasteiger partial charge in [-0.05, 0) is 137 Å². The summed E-state index contributed by atoms with van der Waals surface area (Å²) in [4.78, 5) is 2.45. The summed E-state index contributed by atoms with van der Waals surface area (Å²) < 4.78 is 2.40. The maximum absolute atomic E-state index is 2.45. The van der Waals surface area contributed by atoms with E-state index in [-0.39, 0.29) is 10.8 Å². The van der Waals surface area contributed by atoms with Crippen LogP contribution >= 0.6 is 0 Å². The van der Waals surface area contributed by atoms with E-state index in [2.05, 4.69) is 294 Å². The van der Waals surface area contributed by atoms with Crippen molar-refractivity contribution in [3.8, 4) is 50.2 Å². The first kappa shape index (κ1) is 44.7. The second-order valence-corrected chi connectivity index (χ2v) is 21.4. The van der Waals surface area contributed by atoms with Crippen LogP contribution in [0.3, 0.4) is 0 Å². The molecular weight excluding hydrogens is 869 g/mol. The molecule has 0 atom stereocenters. The zero-order valence-electron chi connectivity index (χ0n) is 42.0. The Morgan fingerprint density at radius 3 is 1.53 bits per heavy atom. The van der Waals surface area contributed by atoms with Crippen LogP contribution in [0.4, 0.5) is 17.1 Å². The van der Waals surface area contributed by atoms with Crippen molar-refractivity contribution in [2.45, 2.75) is 52.4 Å². The van der Waals surface area contributed by atoms with E-state index >= 15 is 0 Å². The van der Waals surface area contributed by atoms with Crippen LogP contribution in [0.2, 0.25) is 0 Å². The lowest BCUT2D eigenvalue weighted by Crippen LogP contribution is -2.16. The first-order valence-corrected chi connectivity index (χ1v) is 25.3. The molecule has 12 aromatic rings. The van der Waals surface area contributed by atoms with Gasteiger partial charge in [-0.2, -0.15) is 0 Å². The first-order chi connectivity index (χ1) is 35.0. The summed E-state index contributed by atoms with van der Waals surface area (Å²) in [5.74, 6) is 0. The molecule has 0 aliphatic heterocycles. The highest BCUT2D eigenvalue weighted by atomic mass is 15.1. The Balaban J connectivity index is 1.02. The molecule has 0 radical (unpaired) electrons. The second kappa shape index (κ2) is 17.7. The molecule has 1 heterocycles. The van der Waals surface area contributed by atoms with E-state index in [4.69, 9.17) is 0 Å². The van der Waals surface area contributed by atoms with Crippen molar-refractivity contribution in [1.29, 1.82) is 0 Å². The number of fused-ring (bicyclic) bond motifs is 5. The van der Waals surface area contributed by atoms with E-state index in [1.54, 1.807) is 0 Å². The summed E-state index contributed by atoms with van der Waals surface area (Å²) in [6.07, 6.45) is 0. The Hall–Kier alpha value is -8.46. The predicted octanol–water partition coefficient (Wildman–Crippen LogP) is 19.8. The Bertz CT molecular complexity index is 3930. The summed E-state index contributed by atoms with van der Waals surface area (Å²) in [7, 11) is 0. The smallest absolute Gasteiger partial charge is 0.0547 e. The first-order valence-electron chi connectivity index (χ1n) is 25.3. The molecule has 2 nitrogen and oxygen atoms in total. The fraction of sp³-hybridized carbons (Fsp3) is 0.114. The third-order valence-electron chi connectivity index (χ3n) is 14.7. The van der Waals surface area contributed by atoms with Crippen LogP contribution in [0.5, 0.6) is 0 Å². The maximum Gasteiger partial charge on any atom is 0.0547 e. The normalized spacial score (nSPS) is 12.0. The zero-order valence-corrected chi connectivity index (χ0v) is 42.0. The number of anilines is 3. The lowest BCUT2D eigenvalue weighted by atomic mass is 9.78. The molecule has 0 unspecified atom stereocenters. The minimum absolute atomic E-state index is 0.00978. The molecule has 0 saturated heterocycles. The van der Waals surface area contributed by atoms with Crippen LogP contribution in [-0.4, -0.2) is 4.57 Å². The van der Waals surface area contributed by atoms with Crippen LogP contribution in [0, 0.1) is 0 Å². The fourth-order valence-electron chi connectivity index (χ4n) is 10.9. The van der Waals surface area contributed by atoms with Gasteiger partial charge in [-0.15, -0.1) is 0 Å². The number of benzene rings is 11. The van der Waals surface area contributed by atoms with Gasteiger partial charge in [0.1, 0.15) is 0 Å². The largest absolute Gasteiger partial charge is 0.310 e. The van der Waals surface area contributed by atoms with Crippen molar-refractivity contribution >= 4 is 60.4 Å². The molecule has 0 aliphatic carbocycles. The molecule has 11 aromatic carbocycles. The van der Waals surface area contributed by atoms with E-state index in [1.165, 1.54) is 93.4 Å². The van der Waals surface area contributed by atoms with Crippen LogP contribution in [0.1, 0.15) is 52.7 Å². The van der Waals surface area contributed by atoms with Gasteiger partial charge in [-0.1, -0.05) is 230 Å². The number of rotatable bonds is 8. The van der Waals surface area contributed by atoms with Gasteiger partial charge in [0.25, 0.3) is 0 Å². The molecule has 0 fully saturated rings. The third-order valence-corrected chi connectivity index (χ3v) is 14.7. The summed E-state index contributed by atoms with van der Waals surface area (Å²) in [5, 5.41) is 7.47. The molecule has 0 saturated carbocycles. The van der Waals surface area contributed by atoms with Gasteiger partial charge in [0.2, 0.25) is 0 Å². The molecule has 1 aromatic heterocycles. The molecule has 0 amide bonds. The molecule has 12 rings (SSSR count). The molecule has 348 valence electrons. The Labute approximate surface area is 424 Å². The van der Waals surface area contributed by atoms with Crippen LogP contribution in [-0.2, 0) is 10.8 Å².